The smallest absolute Gasteiger partial charge is 0.373 e. The summed E-state index contributed by atoms with van der Waals surface area (Å²) in [5.74, 6) is -5.28. The number of alkyl halides is 5. The summed E-state index contributed by atoms with van der Waals surface area (Å²) in [5, 5.41) is 12.8. The Labute approximate surface area is 112 Å². The Morgan fingerprint density at radius 1 is 0.842 bits per heavy atom. The summed E-state index contributed by atoms with van der Waals surface area (Å²) in [6.45, 7) is 0. The van der Waals surface area contributed by atoms with Crippen LogP contribution in [0.4, 0.5) is 22.0 Å². The quantitative estimate of drug-likeness (QED) is 0.840. The molecule has 104 valence electrons. The normalized spacial score (nSPS) is 13.8. The molecule has 0 unspecified atom stereocenters. The van der Waals surface area contributed by atoms with Crippen LogP contribution in [0.1, 0.15) is 9.75 Å². The molecule has 0 amide bonds. The Hall–Kier alpha value is -0.990. The molecule has 0 aliphatic rings. The first-order valence-electron chi connectivity index (χ1n) is 4.96. The van der Waals surface area contributed by atoms with Gasteiger partial charge in [0.05, 0.1) is 0 Å². The maximum Gasteiger partial charge on any atom is 0.457 e. The van der Waals surface area contributed by atoms with E-state index in [1.54, 1.807) is 0 Å². The van der Waals surface area contributed by atoms with Crippen LogP contribution in [0, 0.1) is 0 Å². The lowest BCUT2D eigenvalue weighted by Crippen LogP contribution is -2.54. The Bertz CT molecular complexity index is 496. The minimum absolute atomic E-state index is 0.447. The zero-order valence-corrected chi connectivity index (χ0v) is 10.8. The third kappa shape index (κ3) is 2.07. The molecule has 0 spiro atoms. The lowest BCUT2D eigenvalue weighted by atomic mass is 9.91. The van der Waals surface area contributed by atoms with E-state index in [0.717, 1.165) is 12.1 Å². The molecule has 2 aromatic rings. The third-order valence-electron chi connectivity index (χ3n) is 2.57. The minimum Gasteiger partial charge on any atom is -0.373 e. The Balaban J connectivity index is 2.67. The zero-order valence-electron chi connectivity index (χ0n) is 9.12. The van der Waals surface area contributed by atoms with Crippen LogP contribution in [0.25, 0.3) is 0 Å². The molecule has 0 radical (unpaired) electrons. The van der Waals surface area contributed by atoms with Gasteiger partial charge in [0.15, 0.2) is 0 Å². The molecule has 0 aliphatic heterocycles. The van der Waals surface area contributed by atoms with Crippen molar-refractivity contribution in [3.05, 3.63) is 44.8 Å². The maximum atomic E-state index is 13.7. The van der Waals surface area contributed by atoms with Crippen molar-refractivity contribution in [1.29, 1.82) is 0 Å². The molecule has 2 aromatic heterocycles. The molecule has 0 atom stereocenters. The molecular formula is C11H7F5OS2. The molecular weight excluding hydrogens is 307 g/mol. The maximum absolute atomic E-state index is 13.7. The zero-order chi connectivity index (χ0) is 14.3. The van der Waals surface area contributed by atoms with Gasteiger partial charge in [-0.15, -0.1) is 22.7 Å². The summed E-state index contributed by atoms with van der Waals surface area (Å²) in [6.07, 6.45) is -5.85. The molecule has 2 rings (SSSR count). The van der Waals surface area contributed by atoms with E-state index in [0.29, 0.717) is 22.7 Å². The fourth-order valence-electron chi connectivity index (χ4n) is 1.60. The van der Waals surface area contributed by atoms with E-state index in [2.05, 4.69) is 0 Å². The lowest BCUT2D eigenvalue weighted by molar-refractivity contribution is -0.335. The van der Waals surface area contributed by atoms with Crippen LogP contribution >= 0.6 is 22.7 Å². The fourth-order valence-corrected chi connectivity index (χ4v) is 3.41. The van der Waals surface area contributed by atoms with E-state index < -0.39 is 27.5 Å². The first-order valence-corrected chi connectivity index (χ1v) is 6.72. The van der Waals surface area contributed by atoms with Gasteiger partial charge in [-0.2, -0.15) is 22.0 Å². The van der Waals surface area contributed by atoms with Crippen LogP contribution in [0.15, 0.2) is 35.0 Å². The van der Waals surface area contributed by atoms with Gasteiger partial charge in [0, 0.05) is 9.75 Å². The van der Waals surface area contributed by atoms with E-state index in [1.165, 1.54) is 22.9 Å². The van der Waals surface area contributed by atoms with Gasteiger partial charge in [-0.1, -0.05) is 12.1 Å². The van der Waals surface area contributed by atoms with Crippen molar-refractivity contribution in [3.63, 3.8) is 0 Å². The lowest BCUT2D eigenvalue weighted by Gasteiger charge is -2.35. The van der Waals surface area contributed by atoms with Crippen LogP contribution in [-0.2, 0) is 5.60 Å². The highest BCUT2D eigenvalue weighted by Crippen LogP contribution is 2.53. The van der Waals surface area contributed by atoms with E-state index in [9.17, 15) is 27.1 Å². The van der Waals surface area contributed by atoms with Crippen LogP contribution < -0.4 is 0 Å². The highest BCUT2D eigenvalue weighted by molar-refractivity contribution is 7.11. The predicted octanol–water partition coefficient (Wildman–Crippen LogP) is 4.24. The molecule has 2 heterocycles. The van der Waals surface area contributed by atoms with Crippen molar-refractivity contribution >= 4 is 22.7 Å². The highest BCUT2D eigenvalue weighted by atomic mass is 32.1. The van der Waals surface area contributed by atoms with E-state index in [1.807, 2.05) is 0 Å². The third-order valence-corrected chi connectivity index (χ3v) is 4.52. The van der Waals surface area contributed by atoms with Crippen molar-refractivity contribution in [2.24, 2.45) is 0 Å². The van der Waals surface area contributed by atoms with Crippen LogP contribution in [0.3, 0.4) is 0 Å². The van der Waals surface area contributed by atoms with Gasteiger partial charge in [-0.25, -0.2) is 0 Å². The van der Waals surface area contributed by atoms with E-state index >= 15 is 0 Å². The molecule has 8 heteroatoms. The monoisotopic (exact) mass is 314 g/mol. The SMILES string of the molecule is OC(c1cccs1)(c1cccs1)C(F)(F)C(F)(F)F. The Kier molecular flexibility index (Phi) is 3.44. The molecule has 0 bridgehead atoms. The molecule has 1 nitrogen and oxygen atoms in total. The van der Waals surface area contributed by atoms with Crippen LogP contribution in [0.2, 0.25) is 0 Å². The van der Waals surface area contributed by atoms with E-state index in [4.69, 9.17) is 0 Å². The average Bonchev–Trinajstić information content (AvgIpc) is 2.99. The highest BCUT2D eigenvalue weighted by Gasteiger charge is 2.72. The van der Waals surface area contributed by atoms with E-state index in [-0.39, 0.29) is 0 Å². The molecule has 0 aliphatic carbocycles. The van der Waals surface area contributed by atoms with Crippen molar-refractivity contribution in [3.8, 4) is 0 Å². The number of thiophene rings is 2. The second-order valence-corrected chi connectivity index (χ2v) is 5.63. The number of rotatable bonds is 3. The van der Waals surface area contributed by atoms with Crippen molar-refractivity contribution in [1.82, 2.24) is 0 Å². The molecule has 0 aromatic carbocycles. The summed E-state index contributed by atoms with van der Waals surface area (Å²) in [4.78, 5) is -0.894. The summed E-state index contributed by atoms with van der Waals surface area (Å²) in [7, 11) is 0. The number of hydrogen-bond donors (Lipinski definition) is 1. The largest absolute Gasteiger partial charge is 0.457 e. The van der Waals surface area contributed by atoms with Crippen molar-refractivity contribution in [2.75, 3.05) is 0 Å². The summed E-state index contributed by atoms with van der Waals surface area (Å²) in [6, 6.07) is 4.74. The number of halogens is 5. The standard InChI is InChI=1S/C11H7F5OS2/c12-10(13,11(14,15)16)9(17,7-3-1-5-18-7)8-4-2-6-19-8/h1-6,17H. The van der Waals surface area contributed by atoms with Gasteiger partial charge in [0.25, 0.3) is 0 Å². The average molecular weight is 314 g/mol. The second-order valence-electron chi connectivity index (χ2n) is 3.74. The predicted molar refractivity (Wildman–Crippen MR) is 62.6 cm³/mol. The van der Waals surface area contributed by atoms with Gasteiger partial charge in [-0.3, -0.25) is 0 Å². The van der Waals surface area contributed by atoms with Crippen LogP contribution in [-0.4, -0.2) is 17.2 Å². The first-order chi connectivity index (χ1) is 8.71. The minimum atomic E-state index is -5.85. The van der Waals surface area contributed by atoms with Gasteiger partial charge in [0.1, 0.15) is 0 Å². The van der Waals surface area contributed by atoms with Crippen molar-refractivity contribution < 1.29 is 27.1 Å². The molecule has 19 heavy (non-hydrogen) atoms. The Morgan fingerprint density at radius 3 is 1.53 bits per heavy atom. The van der Waals surface area contributed by atoms with Gasteiger partial charge >= 0.3 is 12.1 Å². The second kappa shape index (κ2) is 4.53. The van der Waals surface area contributed by atoms with Gasteiger partial charge < -0.3 is 5.11 Å². The fraction of sp³-hybridized carbons (Fsp3) is 0.273. The van der Waals surface area contributed by atoms with Crippen LogP contribution in [0.5, 0.6) is 0 Å². The summed E-state index contributed by atoms with van der Waals surface area (Å²) >= 11 is 1.30. The van der Waals surface area contributed by atoms with Gasteiger partial charge in [-0.05, 0) is 22.9 Å². The Morgan fingerprint density at radius 2 is 1.26 bits per heavy atom. The summed E-state index contributed by atoms with van der Waals surface area (Å²) in [5.41, 5.74) is -3.40. The molecule has 0 saturated carbocycles. The van der Waals surface area contributed by atoms with Gasteiger partial charge in [0.2, 0.25) is 5.60 Å². The molecule has 1 N–H and O–H groups in total. The topological polar surface area (TPSA) is 20.2 Å². The summed E-state index contributed by atoms with van der Waals surface area (Å²) < 4.78 is 65.3. The number of aliphatic hydroxyl groups is 1. The van der Waals surface area contributed by atoms with Crippen molar-refractivity contribution in [2.45, 2.75) is 17.7 Å². The number of hydrogen-bond acceptors (Lipinski definition) is 3. The first kappa shape index (κ1) is 14.4. The molecule has 0 saturated heterocycles. The molecule has 0 fully saturated rings.